The number of halogens is 1. The van der Waals surface area contributed by atoms with E-state index in [1.165, 1.54) is 14.1 Å². The molecule has 8 nitrogen and oxygen atoms in total. The average Bonchev–Trinajstić information content (AvgIpc) is 2.55. The number of hydrogen-bond acceptors (Lipinski definition) is 5. The van der Waals surface area contributed by atoms with Gasteiger partial charge in [-0.05, 0) is 15.9 Å². The van der Waals surface area contributed by atoms with Crippen LogP contribution in [0.2, 0.25) is 0 Å². The largest absolute Gasteiger partial charge is 0.481 e. The van der Waals surface area contributed by atoms with E-state index in [-0.39, 0.29) is 22.6 Å². The predicted octanol–water partition coefficient (Wildman–Crippen LogP) is -0.327. The van der Waals surface area contributed by atoms with Crippen LogP contribution in [0, 0.1) is 0 Å². The van der Waals surface area contributed by atoms with Gasteiger partial charge in [-0.3, -0.25) is 4.79 Å². The minimum Gasteiger partial charge on any atom is -0.481 e. The van der Waals surface area contributed by atoms with Crippen LogP contribution in [0.15, 0.2) is 9.63 Å². The topological polar surface area (TPSA) is 105 Å². The molecule has 0 bridgehead atoms. The number of rotatable bonds is 5. The van der Waals surface area contributed by atoms with Crippen LogP contribution in [0.25, 0.3) is 0 Å². The molecular formula is C7H11BrN4O4S. The maximum atomic E-state index is 12.0. The van der Waals surface area contributed by atoms with Gasteiger partial charge in [0.2, 0.25) is 5.03 Å². The number of carboxylic acid groups (broad SMARTS) is 1. The molecule has 0 atom stereocenters. The molecule has 1 rings (SSSR count). The van der Waals surface area contributed by atoms with Crippen LogP contribution in [-0.2, 0) is 21.9 Å². The first kappa shape index (κ1) is 14.1. The Kier molecular flexibility index (Phi) is 4.22. The van der Waals surface area contributed by atoms with Crippen molar-refractivity contribution in [3.63, 3.8) is 0 Å². The van der Waals surface area contributed by atoms with Gasteiger partial charge in [0, 0.05) is 20.6 Å². The molecule has 0 fully saturated rings. The monoisotopic (exact) mass is 326 g/mol. The summed E-state index contributed by atoms with van der Waals surface area (Å²) in [5.74, 6) is -1.06. The van der Waals surface area contributed by atoms with E-state index in [0.29, 0.717) is 0 Å². The van der Waals surface area contributed by atoms with E-state index in [0.717, 1.165) is 8.99 Å². The summed E-state index contributed by atoms with van der Waals surface area (Å²) in [4.78, 5) is 10.4. The highest BCUT2D eigenvalue weighted by Gasteiger charge is 2.28. The van der Waals surface area contributed by atoms with Crippen molar-refractivity contribution in [1.29, 1.82) is 0 Å². The van der Waals surface area contributed by atoms with E-state index in [2.05, 4.69) is 26.2 Å². The zero-order valence-corrected chi connectivity index (χ0v) is 11.6. The molecule has 0 radical (unpaired) electrons. The molecule has 1 N–H and O–H groups in total. The number of aryl methyl sites for hydroxylation is 1. The SMILES string of the molecule is CN(CCC(=O)O)S(=O)(=O)c1c(Br)nnn1C. The summed E-state index contributed by atoms with van der Waals surface area (Å²) in [5, 5.41) is 15.5. The summed E-state index contributed by atoms with van der Waals surface area (Å²) in [6, 6.07) is 0. The number of sulfonamides is 1. The van der Waals surface area contributed by atoms with E-state index >= 15 is 0 Å². The van der Waals surface area contributed by atoms with Gasteiger partial charge in [0.15, 0.2) is 4.60 Å². The highest BCUT2D eigenvalue weighted by Crippen LogP contribution is 2.21. The lowest BCUT2D eigenvalue weighted by molar-refractivity contribution is -0.137. The highest BCUT2D eigenvalue weighted by atomic mass is 79.9. The van der Waals surface area contributed by atoms with Gasteiger partial charge in [0.25, 0.3) is 10.0 Å². The molecule has 0 spiro atoms. The molecule has 1 aromatic rings. The number of aliphatic carboxylic acids is 1. The molecule has 0 aliphatic carbocycles. The van der Waals surface area contributed by atoms with Crippen molar-refractivity contribution in [2.75, 3.05) is 13.6 Å². The van der Waals surface area contributed by atoms with Crippen molar-refractivity contribution in [1.82, 2.24) is 19.3 Å². The maximum Gasteiger partial charge on any atom is 0.304 e. The van der Waals surface area contributed by atoms with Crippen molar-refractivity contribution in [2.45, 2.75) is 11.4 Å². The summed E-state index contributed by atoms with van der Waals surface area (Å²) < 4.78 is 26.3. The van der Waals surface area contributed by atoms with E-state index in [4.69, 9.17) is 5.11 Å². The zero-order valence-electron chi connectivity index (χ0n) is 9.16. The van der Waals surface area contributed by atoms with Crippen molar-refractivity contribution in [3.05, 3.63) is 4.60 Å². The van der Waals surface area contributed by atoms with Crippen molar-refractivity contribution in [3.8, 4) is 0 Å². The fourth-order valence-electron chi connectivity index (χ4n) is 1.12. The number of hydrogen-bond donors (Lipinski definition) is 1. The lowest BCUT2D eigenvalue weighted by Crippen LogP contribution is -2.30. The normalized spacial score (nSPS) is 12.0. The van der Waals surface area contributed by atoms with Gasteiger partial charge in [0.05, 0.1) is 6.42 Å². The Morgan fingerprint density at radius 3 is 2.59 bits per heavy atom. The molecule has 1 heterocycles. The fraction of sp³-hybridized carbons (Fsp3) is 0.571. The highest BCUT2D eigenvalue weighted by molar-refractivity contribution is 9.10. The molecule has 0 saturated heterocycles. The molecule has 0 aliphatic heterocycles. The Balaban J connectivity index is 2.99. The lowest BCUT2D eigenvalue weighted by atomic mass is 10.4. The Bertz CT molecular complexity index is 506. The third-order valence-electron chi connectivity index (χ3n) is 2.03. The standard InChI is InChI=1S/C7H11BrN4O4S/c1-11(4-3-5(13)14)17(15,16)7-6(8)9-10-12(7)2/h3-4H2,1-2H3,(H,13,14). The number of nitrogens with zero attached hydrogens (tertiary/aromatic N) is 4. The number of aromatic nitrogens is 3. The van der Waals surface area contributed by atoms with E-state index in [1.54, 1.807) is 0 Å². The predicted molar refractivity (Wildman–Crippen MR) is 60.8 cm³/mol. The molecule has 0 amide bonds. The van der Waals surface area contributed by atoms with Crippen molar-refractivity contribution in [2.24, 2.45) is 7.05 Å². The molecule has 0 aromatic carbocycles. The second-order valence-corrected chi connectivity index (χ2v) is 5.99. The van der Waals surface area contributed by atoms with Crippen LogP contribution >= 0.6 is 15.9 Å². The van der Waals surface area contributed by atoms with Gasteiger partial charge in [-0.1, -0.05) is 5.21 Å². The first-order chi connectivity index (χ1) is 7.76. The smallest absolute Gasteiger partial charge is 0.304 e. The van der Waals surface area contributed by atoms with Crippen LogP contribution in [0.4, 0.5) is 0 Å². The zero-order chi connectivity index (χ0) is 13.2. The van der Waals surface area contributed by atoms with Gasteiger partial charge in [-0.25, -0.2) is 13.1 Å². The van der Waals surface area contributed by atoms with Crippen LogP contribution in [0.5, 0.6) is 0 Å². The van der Waals surface area contributed by atoms with Crippen LogP contribution in [0.3, 0.4) is 0 Å². The lowest BCUT2D eigenvalue weighted by Gasteiger charge is -2.15. The minimum atomic E-state index is -3.79. The summed E-state index contributed by atoms with van der Waals surface area (Å²) in [6.45, 7) is -0.116. The van der Waals surface area contributed by atoms with Gasteiger partial charge in [-0.15, -0.1) is 5.10 Å². The van der Waals surface area contributed by atoms with E-state index < -0.39 is 16.0 Å². The molecule has 17 heavy (non-hydrogen) atoms. The van der Waals surface area contributed by atoms with Gasteiger partial charge in [0.1, 0.15) is 0 Å². The van der Waals surface area contributed by atoms with E-state index in [9.17, 15) is 13.2 Å². The summed E-state index contributed by atoms with van der Waals surface area (Å²) in [6.07, 6.45) is -0.265. The molecule has 1 aromatic heterocycles. The fourth-order valence-corrected chi connectivity index (χ4v) is 3.31. The average molecular weight is 327 g/mol. The molecule has 0 unspecified atom stereocenters. The third-order valence-corrected chi connectivity index (χ3v) is 4.78. The van der Waals surface area contributed by atoms with Crippen molar-refractivity contribution >= 4 is 31.9 Å². The molecular weight excluding hydrogens is 316 g/mol. The maximum absolute atomic E-state index is 12.0. The molecule has 0 saturated carbocycles. The Hall–Kier alpha value is -1.00. The quantitative estimate of drug-likeness (QED) is 0.794. The van der Waals surface area contributed by atoms with Gasteiger partial charge in [-0.2, -0.15) is 4.31 Å². The summed E-state index contributed by atoms with van der Waals surface area (Å²) in [7, 11) is -1.05. The Morgan fingerprint density at radius 2 is 2.18 bits per heavy atom. The Morgan fingerprint density at radius 1 is 1.59 bits per heavy atom. The second kappa shape index (κ2) is 5.10. The Labute approximate surface area is 106 Å². The number of carboxylic acids is 1. The van der Waals surface area contributed by atoms with Crippen molar-refractivity contribution < 1.29 is 18.3 Å². The summed E-state index contributed by atoms with van der Waals surface area (Å²) in [5.41, 5.74) is 0. The van der Waals surface area contributed by atoms with Gasteiger partial charge < -0.3 is 5.11 Å². The summed E-state index contributed by atoms with van der Waals surface area (Å²) >= 11 is 2.98. The third kappa shape index (κ3) is 3.01. The van der Waals surface area contributed by atoms with Gasteiger partial charge >= 0.3 is 5.97 Å². The molecule has 96 valence electrons. The number of carbonyl (C=O) groups is 1. The van der Waals surface area contributed by atoms with Crippen LogP contribution in [0.1, 0.15) is 6.42 Å². The molecule has 10 heteroatoms. The van der Waals surface area contributed by atoms with E-state index in [1.807, 2.05) is 0 Å². The van der Waals surface area contributed by atoms with Crippen LogP contribution in [-0.4, -0.2) is 52.4 Å². The molecule has 0 aliphatic rings. The first-order valence-corrected chi connectivity index (χ1v) is 6.73. The minimum absolute atomic E-state index is 0.0992. The first-order valence-electron chi connectivity index (χ1n) is 4.50. The second-order valence-electron chi connectivity index (χ2n) is 3.28. The van der Waals surface area contributed by atoms with Crippen LogP contribution < -0.4 is 0 Å².